The zero-order chi connectivity index (χ0) is 29.5. The summed E-state index contributed by atoms with van der Waals surface area (Å²) in [7, 11) is 0. The number of nitrogens with zero attached hydrogens (tertiary/aromatic N) is 5. The summed E-state index contributed by atoms with van der Waals surface area (Å²) in [5, 5.41) is 4.00. The lowest BCUT2D eigenvalue weighted by atomic mass is 10.00. The number of pyridine rings is 1. The van der Waals surface area contributed by atoms with Crippen LogP contribution in [0.2, 0.25) is 5.02 Å². The number of hydrogen-bond acceptors (Lipinski definition) is 7. The number of carbonyl (C=O) groups is 1. The molecular weight excluding hydrogens is 559 g/mol. The van der Waals surface area contributed by atoms with Gasteiger partial charge in [0.05, 0.1) is 27.4 Å². The fourth-order valence-electron chi connectivity index (χ4n) is 5.61. The van der Waals surface area contributed by atoms with Gasteiger partial charge in [-0.05, 0) is 41.8 Å². The topological polar surface area (TPSA) is 92.6 Å². The molecule has 6 rings (SSSR count). The Labute approximate surface area is 247 Å². The van der Waals surface area contributed by atoms with E-state index in [0.29, 0.717) is 61.1 Å². The molecule has 0 atom stereocenters. The number of benzene rings is 2. The maximum atomic E-state index is 15.4. The summed E-state index contributed by atoms with van der Waals surface area (Å²) in [6.07, 6.45) is 1.29. The maximum Gasteiger partial charge on any atom is 0.355 e. The van der Waals surface area contributed by atoms with Crippen molar-refractivity contribution in [1.29, 1.82) is 0 Å². The van der Waals surface area contributed by atoms with E-state index >= 15 is 4.39 Å². The quantitative estimate of drug-likeness (QED) is 0.337. The Morgan fingerprint density at radius 3 is 2.64 bits per heavy atom. The van der Waals surface area contributed by atoms with E-state index in [0.717, 1.165) is 5.56 Å². The molecule has 9 nitrogen and oxygen atoms in total. The van der Waals surface area contributed by atoms with Crippen LogP contribution in [0.1, 0.15) is 25.3 Å². The lowest BCUT2D eigenvalue weighted by Gasteiger charge is -2.35. The molecule has 2 aliphatic rings. The van der Waals surface area contributed by atoms with Gasteiger partial charge >= 0.3 is 5.69 Å². The van der Waals surface area contributed by atoms with Crippen molar-refractivity contribution < 1.29 is 13.9 Å². The highest BCUT2D eigenvalue weighted by atomic mass is 35.5. The van der Waals surface area contributed by atoms with Crippen LogP contribution in [0.4, 0.5) is 15.9 Å². The van der Waals surface area contributed by atoms with Gasteiger partial charge in [-0.15, -0.1) is 0 Å². The molecular formula is C31H30ClFN6O3. The Morgan fingerprint density at radius 1 is 1.14 bits per heavy atom. The Kier molecular flexibility index (Phi) is 7.32. The second-order valence-corrected chi connectivity index (χ2v) is 11.0. The molecule has 2 aromatic carbocycles. The van der Waals surface area contributed by atoms with Gasteiger partial charge in [-0.1, -0.05) is 50.2 Å². The van der Waals surface area contributed by atoms with Crippen LogP contribution in [0.25, 0.3) is 28.0 Å². The summed E-state index contributed by atoms with van der Waals surface area (Å²) < 4.78 is 23.1. The standard InChI is InChI=1S/C31H30ClFN6O3/c1-4-25(40)37-12-14-38(15-13-37)29-20-17-21(32)27-26-22(33)8-6-9-23(26)34-11-16-42-24-10-5-7-19(18(2)3)28(24)39(30(20)35-27)31(41)36-29/h4-10,17-18,34H,1,11-16H2,2-3H3. The van der Waals surface area contributed by atoms with Gasteiger partial charge < -0.3 is 19.9 Å². The molecule has 2 bridgehead atoms. The predicted molar refractivity (Wildman–Crippen MR) is 163 cm³/mol. The number of ether oxygens (including phenoxy) is 1. The van der Waals surface area contributed by atoms with Crippen molar-refractivity contribution in [2.24, 2.45) is 0 Å². The monoisotopic (exact) mass is 588 g/mol. The van der Waals surface area contributed by atoms with E-state index in [1.165, 1.54) is 16.7 Å². The number of fused-ring (bicyclic) bond motifs is 5. The van der Waals surface area contributed by atoms with Gasteiger partial charge in [0.2, 0.25) is 5.91 Å². The van der Waals surface area contributed by atoms with Gasteiger partial charge in [0, 0.05) is 38.4 Å². The van der Waals surface area contributed by atoms with E-state index in [1.54, 1.807) is 23.1 Å². The van der Waals surface area contributed by atoms with Gasteiger partial charge in [-0.25, -0.2) is 18.7 Å². The number of aromatic nitrogens is 3. The van der Waals surface area contributed by atoms with Gasteiger partial charge in [-0.2, -0.15) is 4.98 Å². The van der Waals surface area contributed by atoms with Crippen LogP contribution in [-0.4, -0.2) is 64.7 Å². The van der Waals surface area contributed by atoms with Crippen LogP contribution in [0.15, 0.2) is 59.9 Å². The highest BCUT2D eigenvalue weighted by Gasteiger charge is 2.28. The van der Waals surface area contributed by atoms with Crippen molar-refractivity contribution in [2.45, 2.75) is 19.8 Å². The molecule has 2 aliphatic heterocycles. The third-order valence-electron chi connectivity index (χ3n) is 7.67. The molecule has 1 N–H and O–H groups in total. The van der Waals surface area contributed by atoms with E-state index in [1.807, 2.05) is 36.9 Å². The van der Waals surface area contributed by atoms with Crippen molar-refractivity contribution >= 4 is 40.0 Å². The first-order chi connectivity index (χ1) is 20.3. The highest BCUT2D eigenvalue weighted by Crippen LogP contribution is 2.40. The summed E-state index contributed by atoms with van der Waals surface area (Å²) in [5.74, 6) is 0.306. The van der Waals surface area contributed by atoms with Crippen LogP contribution in [-0.2, 0) is 4.79 Å². The number of anilines is 2. The van der Waals surface area contributed by atoms with Crippen LogP contribution in [0.5, 0.6) is 5.75 Å². The van der Waals surface area contributed by atoms with Crippen molar-refractivity contribution in [3.8, 4) is 22.7 Å². The third-order valence-corrected chi connectivity index (χ3v) is 7.96. The molecule has 4 heterocycles. The van der Waals surface area contributed by atoms with E-state index in [2.05, 4.69) is 16.9 Å². The Hall–Kier alpha value is -4.44. The summed E-state index contributed by atoms with van der Waals surface area (Å²) >= 11 is 6.86. The number of piperazine rings is 1. The summed E-state index contributed by atoms with van der Waals surface area (Å²) in [6, 6.07) is 12.1. The van der Waals surface area contributed by atoms with Gasteiger partial charge in [0.1, 0.15) is 24.0 Å². The molecule has 0 aliphatic carbocycles. The molecule has 42 heavy (non-hydrogen) atoms. The second kappa shape index (κ2) is 11.1. The number of hydrogen-bond donors (Lipinski definition) is 1. The normalized spacial score (nSPS) is 14.9. The largest absolute Gasteiger partial charge is 0.490 e. The van der Waals surface area contributed by atoms with Gasteiger partial charge in [0.15, 0.2) is 5.65 Å². The van der Waals surface area contributed by atoms with E-state index in [9.17, 15) is 9.59 Å². The Balaban J connectivity index is 1.66. The molecule has 0 saturated carbocycles. The summed E-state index contributed by atoms with van der Waals surface area (Å²) in [5.41, 5.74) is 2.06. The fraction of sp³-hybridized carbons (Fsp3) is 0.290. The summed E-state index contributed by atoms with van der Waals surface area (Å²) in [6.45, 7) is 10.1. The maximum absolute atomic E-state index is 15.4. The third kappa shape index (κ3) is 4.75. The zero-order valence-electron chi connectivity index (χ0n) is 23.4. The van der Waals surface area contributed by atoms with E-state index in [4.69, 9.17) is 21.3 Å². The molecule has 0 unspecified atom stereocenters. The van der Waals surface area contributed by atoms with Crippen molar-refractivity contribution in [2.75, 3.05) is 49.5 Å². The molecule has 0 radical (unpaired) electrons. The van der Waals surface area contributed by atoms with Crippen LogP contribution in [0.3, 0.4) is 0 Å². The number of para-hydroxylation sites is 1. The first-order valence-electron chi connectivity index (χ1n) is 13.9. The predicted octanol–water partition coefficient (Wildman–Crippen LogP) is 5.00. The minimum atomic E-state index is -0.551. The smallest absolute Gasteiger partial charge is 0.355 e. The molecule has 1 fully saturated rings. The average molecular weight is 589 g/mol. The number of amides is 1. The van der Waals surface area contributed by atoms with E-state index < -0.39 is 11.5 Å². The zero-order valence-corrected chi connectivity index (χ0v) is 24.1. The number of halogens is 2. The number of carbonyl (C=O) groups excluding carboxylic acids is 1. The number of rotatable bonds is 3. The highest BCUT2D eigenvalue weighted by molar-refractivity contribution is 6.34. The first kappa shape index (κ1) is 27.7. The summed E-state index contributed by atoms with van der Waals surface area (Å²) in [4.78, 5) is 39.3. The molecule has 11 heteroatoms. The van der Waals surface area contributed by atoms with Crippen LogP contribution >= 0.6 is 11.6 Å². The average Bonchev–Trinajstić information content (AvgIpc) is 2.98. The van der Waals surface area contributed by atoms with E-state index in [-0.39, 0.29) is 40.4 Å². The lowest BCUT2D eigenvalue weighted by molar-refractivity contribution is -0.126. The van der Waals surface area contributed by atoms with Crippen LogP contribution in [0, 0.1) is 5.82 Å². The second-order valence-electron chi connectivity index (χ2n) is 10.5. The Morgan fingerprint density at radius 2 is 1.90 bits per heavy atom. The van der Waals surface area contributed by atoms with Crippen LogP contribution < -0.4 is 20.6 Å². The van der Waals surface area contributed by atoms with Gasteiger partial charge in [-0.3, -0.25) is 4.79 Å². The molecule has 1 amide bonds. The number of nitrogens with one attached hydrogen (secondary N) is 1. The first-order valence-corrected chi connectivity index (χ1v) is 14.2. The molecule has 216 valence electrons. The minimum absolute atomic E-state index is 0.0385. The lowest BCUT2D eigenvalue weighted by Crippen LogP contribution is -2.49. The minimum Gasteiger partial charge on any atom is -0.490 e. The fourth-order valence-corrected chi connectivity index (χ4v) is 5.86. The van der Waals surface area contributed by atoms with Crippen molar-refractivity contribution in [1.82, 2.24) is 19.4 Å². The Bertz CT molecular complexity index is 1780. The SMILES string of the molecule is C=CC(=O)N1CCN(c2nc(=O)n3c4nc(c(Cl)cc24)-c2c(F)cccc2NCCOc2cccc(C(C)C)c2-3)CC1. The van der Waals surface area contributed by atoms with Crippen molar-refractivity contribution in [3.63, 3.8) is 0 Å². The van der Waals surface area contributed by atoms with Gasteiger partial charge in [0.25, 0.3) is 0 Å². The molecule has 4 aromatic rings. The molecule has 1 saturated heterocycles. The molecule has 2 aromatic heterocycles. The van der Waals surface area contributed by atoms with Crippen molar-refractivity contribution in [3.05, 3.63) is 82.0 Å². The molecule has 0 spiro atoms.